The van der Waals surface area contributed by atoms with Crippen LogP contribution < -0.4 is 0 Å². The van der Waals surface area contributed by atoms with E-state index in [1.807, 2.05) is 0 Å². The normalized spacial score (nSPS) is 11.4. The number of aromatic amines is 1. The average molecular weight is 285 g/mol. The summed E-state index contributed by atoms with van der Waals surface area (Å²) < 4.78 is 0. The molecule has 1 aromatic carbocycles. The number of hydrogen-bond donors (Lipinski definition) is 1. The summed E-state index contributed by atoms with van der Waals surface area (Å²) in [5, 5.41) is 1.55. The summed E-state index contributed by atoms with van der Waals surface area (Å²) in [6.07, 6.45) is 11.4. The first-order valence-electron chi connectivity index (χ1n) is 8.93. The predicted molar refractivity (Wildman–Crippen MR) is 94.1 cm³/mol. The van der Waals surface area contributed by atoms with E-state index in [2.05, 4.69) is 44.0 Å². The summed E-state index contributed by atoms with van der Waals surface area (Å²) in [4.78, 5) is 3.72. The molecule has 1 aromatic heterocycles. The molecule has 1 N–H and O–H groups in total. The van der Waals surface area contributed by atoms with Crippen molar-refractivity contribution in [2.45, 2.75) is 78.6 Å². The molecule has 21 heavy (non-hydrogen) atoms. The summed E-state index contributed by atoms with van der Waals surface area (Å²) in [5.41, 5.74) is 6.04. The topological polar surface area (TPSA) is 15.8 Å². The third kappa shape index (κ3) is 3.90. The van der Waals surface area contributed by atoms with Crippen LogP contribution in [0.1, 0.15) is 76.1 Å². The second-order valence-electron chi connectivity index (χ2n) is 6.23. The number of rotatable bonds is 9. The van der Waals surface area contributed by atoms with E-state index in [0.717, 1.165) is 0 Å². The van der Waals surface area contributed by atoms with Crippen LogP contribution in [-0.2, 0) is 19.3 Å². The van der Waals surface area contributed by atoms with Gasteiger partial charge in [-0.1, -0.05) is 52.2 Å². The minimum atomic E-state index is 1.21. The Kier molecular flexibility index (Phi) is 6.35. The van der Waals surface area contributed by atoms with Crippen molar-refractivity contribution in [2.75, 3.05) is 0 Å². The van der Waals surface area contributed by atoms with Crippen molar-refractivity contribution in [3.05, 3.63) is 35.0 Å². The molecule has 1 heteroatoms. The van der Waals surface area contributed by atoms with Gasteiger partial charge in [0.2, 0.25) is 0 Å². The van der Waals surface area contributed by atoms with Crippen molar-refractivity contribution in [2.24, 2.45) is 0 Å². The van der Waals surface area contributed by atoms with Crippen molar-refractivity contribution in [3.63, 3.8) is 0 Å². The monoisotopic (exact) mass is 285 g/mol. The third-order valence-corrected chi connectivity index (χ3v) is 4.46. The molecule has 0 aliphatic rings. The van der Waals surface area contributed by atoms with Gasteiger partial charge in [-0.3, -0.25) is 0 Å². The minimum absolute atomic E-state index is 1.21. The van der Waals surface area contributed by atoms with Crippen molar-refractivity contribution in [1.29, 1.82) is 0 Å². The van der Waals surface area contributed by atoms with E-state index >= 15 is 0 Å². The van der Waals surface area contributed by atoms with Gasteiger partial charge in [-0.25, -0.2) is 0 Å². The second kappa shape index (κ2) is 8.26. The van der Waals surface area contributed by atoms with Gasteiger partial charge in [0, 0.05) is 16.6 Å². The fourth-order valence-corrected chi connectivity index (χ4v) is 3.22. The number of fused-ring (bicyclic) bond motifs is 1. The summed E-state index contributed by atoms with van der Waals surface area (Å²) >= 11 is 0. The van der Waals surface area contributed by atoms with Gasteiger partial charge in [0.05, 0.1) is 0 Å². The Morgan fingerprint density at radius 1 is 0.810 bits per heavy atom. The van der Waals surface area contributed by atoms with Gasteiger partial charge in [-0.2, -0.15) is 0 Å². The van der Waals surface area contributed by atoms with Gasteiger partial charge in [-0.05, 0) is 55.7 Å². The highest BCUT2D eigenvalue weighted by Gasteiger charge is 2.13. The number of unbranched alkanes of at least 4 members (excludes halogenated alkanes) is 3. The molecule has 0 amide bonds. The van der Waals surface area contributed by atoms with Crippen LogP contribution in [0.25, 0.3) is 10.9 Å². The lowest BCUT2D eigenvalue weighted by molar-refractivity contribution is 0.751. The molecule has 0 unspecified atom stereocenters. The van der Waals surface area contributed by atoms with Gasteiger partial charge >= 0.3 is 0 Å². The Labute approximate surface area is 130 Å². The number of H-pyrrole nitrogens is 1. The molecule has 2 aromatic rings. The van der Waals surface area contributed by atoms with Crippen molar-refractivity contribution in [1.82, 2.24) is 4.98 Å². The van der Waals surface area contributed by atoms with Crippen LogP contribution in [0.4, 0.5) is 0 Å². The molecule has 0 atom stereocenters. The lowest BCUT2D eigenvalue weighted by Crippen LogP contribution is -1.94. The Hall–Kier alpha value is -1.24. The quantitative estimate of drug-likeness (QED) is 0.565. The minimum Gasteiger partial charge on any atom is -0.358 e. The van der Waals surface area contributed by atoms with Crippen molar-refractivity contribution in [3.8, 4) is 0 Å². The molecule has 0 saturated heterocycles. The molecule has 1 nitrogen and oxygen atoms in total. The van der Waals surface area contributed by atoms with Crippen LogP contribution in [-0.4, -0.2) is 4.98 Å². The molecule has 0 aliphatic carbocycles. The molecule has 0 saturated carbocycles. The van der Waals surface area contributed by atoms with E-state index in [9.17, 15) is 0 Å². The zero-order valence-corrected chi connectivity index (χ0v) is 14.1. The number of aryl methyl sites for hydroxylation is 3. The summed E-state index contributed by atoms with van der Waals surface area (Å²) in [7, 11) is 0. The van der Waals surface area contributed by atoms with E-state index < -0.39 is 0 Å². The van der Waals surface area contributed by atoms with E-state index in [0.29, 0.717) is 0 Å². The number of benzene rings is 1. The van der Waals surface area contributed by atoms with E-state index in [1.54, 1.807) is 16.5 Å². The lowest BCUT2D eigenvalue weighted by atomic mass is 9.96. The number of hydrogen-bond acceptors (Lipinski definition) is 0. The zero-order valence-electron chi connectivity index (χ0n) is 14.1. The van der Waals surface area contributed by atoms with E-state index in [1.165, 1.54) is 69.0 Å². The Morgan fingerprint density at radius 3 is 2.19 bits per heavy atom. The van der Waals surface area contributed by atoms with Crippen LogP contribution in [0.2, 0.25) is 0 Å². The molecular weight excluding hydrogens is 254 g/mol. The zero-order chi connectivity index (χ0) is 15.1. The SMILES string of the molecule is CCCCc1[nH]c2cccc(CCCC)c2c1CCCC. The highest BCUT2D eigenvalue weighted by atomic mass is 14.7. The molecule has 0 bridgehead atoms. The Bertz CT molecular complexity index is 550. The first-order valence-corrected chi connectivity index (χ1v) is 8.93. The first-order chi connectivity index (χ1) is 10.3. The fraction of sp³-hybridized carbons (Fsp3) is 0.600. The molecule has 0 aliphatic heterocycles. The van der Waals surface area contributed by atoms with E-state index in [-0.39, 0.29) is 0 Å². The fourth-order valence-electron chi connectivity index (χ4n) is 3.22. The highest BCUT2D eigenvalue weighted by molar-refractivity contribution is 5.88. The van der Waals surface area contributed by atoms with E-state index in [4.69, 9.17) is 0 Å². The van der Waals surface area contributed by atoms with Gasteiger partial charge in [0.25, 0.3) is 0 Å². The maximum atomic E-state index is 3.72. The molecule has 0 spiro atoms. The molecule has 116 valence electrons. The lowest BCUT2D eigenvalue weighted by Gasteiger charge is -2.07. The molecule has 2 rings (SSSR count). The second-order valence-corrected chi connectivity index (χ2v) is 6.23. The predicted octanol–water partition coefficient (Wildman–Crippen LogP) is 6.20. The largest absolute Gasteiger partial charge is 0.358 e. The highest BCUT2D eigenvalue weighted by Crippen LogP contribution is 2.29. The molecule has 0 fully saturated rings. The first kappa shape index (κ1) is 16.1. The maximum absolute atomic E-state index is 3.72. The van der Waals surface area contributed by atoms with Crippen LogP contribution in [0.15, 0.2) is 18.2 Å². The van der Waals surface area contributed by atoms with Crippen LogP contribution in [0.3, 0.4) is 0 Å². The number of aromatic nitrogens is 1. The summed E-state index contributed by atoms with van der Waals surface area (Å²) in [5.74, 6) is 0. The summed E-state index contributed by atoms with van der Waals surface area (Å²) in [6.45, 7) is 6.85. The van der Waals surface area contributed by atoms with Gasteiger partial charge in [-0.15, -0.1) is 0 Å². The van der Waals surface area contributed by atoms with Crippen LogP contribution in [0.5, 0.6) is 0 Å². The Morgan fingerprint density at radius 2 is 1.48 bits per heavy atom. The molecule has 1 heterocycles. The molecule has 0 radical (unpaired) electrons. The third-order valence-electron chi connectivity index (χ3n) is 4.46. The standard InChI is InChI=1S/C20H31N/c1-4-7-11-16-12-10-15-19-20(16)17(13-8-5-2)18(21-19)14-9-6-3/h10,12,15,21H,4-9,11,13-14H2,1-3H3. The van der Waals surface area contributed by atoms with Gasteiger partial charge in [0.15, 0.2) is 0 Å². The van der Waals surface area contributed by atoms with Crippen LogP contribution >= 0.6 is 0 Å². The average Bonchev–Trinajstić information content (AvgIpc) is 2.87. The smallest absolute Gasteiger partial charge is 0.0461 e. The van der Waals surface area contributed by atoms with Crippen molar-refractivity contribution < 1.29 is 0 Å². The van der Waals surface area contributed by atoms with Crippen molar-refractivity contribution >= 4 is 10.9 Å². The van der Waals surface area contributed by atoms with Gasteiger partial charge in [0.1, 0.15) is 0 Å². The maximum Gasteiger partial charge on any atom is 0.0461 e. The Balaban J connectivity index is 2.42. The van der Waals surface area contributed by atoms with Gasteiger partial charge < -0.3 is 4.98 Å². The number of nitrogens with one attached hydrogen (secondary N) is 1. The van der Waals surface area contributed by atoms with Crippen LogP contribution in [0, 0.1) is 0 Å². The molecular formula is C20H31N. The summed E-state index contributed by atoms with van der Waals surface area (Å²) in [6, 6.07) is 6.82.